The van der Waals surface area contributed by atoms with Gasteiger partial charge < -0.3 is 9.72 Å². The zero-order chi connectivity index (χ0) is 15.4. The molecule has 1 aromatic carbocycles. The molecular weight excluding hydrogens is 296 g/mol. The highest BCUT2D eigenvalue weighted by Gasteiger charge is 2.33. The number of H-pyrrole nitrogens is 1. The average molecular weight is 318 g/mol. The van der Waals surface area contributed by atoms with Crippen LogP contribution in [0.4, 0.5) is 0 Å². The Bertz CT molecular complexity index is 607. The fraction of sp³-hybridized carbons (Fsp3) is 0.529. The summed E-state index contributed by atoms with van der Waals surface area (Å²) in [5.41, 5.74) is 2.02. The lowest BCUT2D eigenvalue weighted by Crippen LogP contribution is -2.09. The second-order valence-electron chi connectivity index (χ2n) is 5.86. The smallest absolute Gasteiger partial charge is 0.309 e. The van der Waals surface area contributed by atoms with Crippen molar-refractivity contribution < 1.29 is 9.53 Å². The molecule has 1 saturated heterocycles. The van der Waals surface area contributed by atoms with Crippen molar-refractivity contribution in [3.05, 3.63) is 24.3 Å². The maximum atomic E-state index is 11.9. The molecular formula is C17H22N2O2S. The van der Waals surface area contributed by atoms with Gasteiger partial charge in [-0.3, -0.25) is 4.79 Å². The Labute approximate surface area is 135 Å². The van der Waals surface area contributed by atoms with E-state index in [1.165, 1.54) is 12.8 Å². The van der Waals surface area contributed by atoms with Crippen LogP contribution in [0.3, 0.4) is 0 Å². The number of aromatic amines is 1. The Kier molecular flexibility index (Phi) is 5.03. The van der Waals surface area contributed by atoms with E-state index >= 15 is 0 Å². The number of rotatable bonds is 7. The van der Waals surface area contributed by atoms with Gasteiger partial charge in [0, 0.05) is 5.75 Å². The van der Waals surface area contributed by atoms with Crippen LogP contribution in [0.5, 0.6) is 0 Å². The minimum atomic E-state index is -0.00805. The molecule has 22 heavy (non-hydrogen) atoms. The van der Waals surface area contributed by atoms with Gasteiger partial charge in [0.05, 0.1) is 17.0 Å². The van der Waals surface area contributed by atoms with Crippen LogP contribution in [-0.2, 0) is 9.53 Å². The largest absolute Gasteiger partial charge is 0.461 e. The first-order chi connectivity index (χ1) is 10.8. The third-order valence-corrected chi connectivity index (χ3v) is 5.10. The quantitative estimate of drug-likeness (QED) is 0.473. The van der Waals surface area contributed by atoms with Gasteiger partial charge in [-0.25, -0.2) is 4.98 Å². The molecule has 0 radical (unpaired) electrons. The van der Waals surface area contributed by atoms with Crippen LogP contribution in [0.15, 0.2) is 29.4 Å². The van der Waals surface area contributed by atoms with E-state index in [2.05, 4.69) is 16.9 Å². The molecule has 118 valence electrons. The number of hydrogen-bond acceptors (Lipinski definition) is 4. The number of esters is 1. The first kappa shape index (κ1) is 15.4. The van der Waals surface area contributed by atoms with E-state index in [4.69, 9.17) is 4.74 Å². The number of nitrogens with zero attached hydrogens (tertiary/aromatic N) is 1. The number of aromatic nitrogens is 2. The Balaban J connectivity index is 1.50. The fourth-order valence-electron chi connectivity index (χ4n) is 2.87. The summed E-state index contributed by atoms with van der Waals surface area (Å²) in [5.74, 6) is 0.870. The lowest BCUT2D eigenvalue weighted by Gasteiger charge is -2.06. The molecule has 1 aliphatic rings. The molecule has 0 bridgehead atoms. The molecule has 0 spiro atoms. The van der Waals surface area contributed by atoms with Gasteiger partial charge in [-0.2, -0.15) is 0 Å². The summed E-state index contributed by atoms with van der Waals surface area (Å²) < 4.78 is 5.50. The van der Waals surface area contributed by atoms with E-state index in [0.29, 0.717) is 0 Å². The Morgan fingerprint density at radius 3 is 3.05 bits per heavy atom. The third kappa shape index (κ3) is 3.64. The molecule has 5 heteroatoms. The normalized spacial score (nSPS) is 21.4. The number of para-hydroxylation sites is 2. The molecule has 1 fully saturated rings. The van der Waals surface area contributed by atoms with Crippen LogP contribution in [0.25, 0.3) is 11.0 Å². The van der Waals surface area contributed by atoms with Crippen molar-refractivity contribution in [2.45, 2.75) is 50.3 Å². The number of nitrogens with one attached hydrogen (secondary N) is 1. The third-order valence-electron chi connectivity index (χ3n) is 4.09. The summed E-state index contributed by atoms with van der Waals surface area (Å²) in [6.07, 6.45) is 5.36. The summed E-state index contributed by atoms with van der Waals surface area (Å²) in [5, 5.41) is 0.895. The Hall–Kier alpha value is -1.49. The number of ether oxygens (including phenoxy) is 1. The molecule has 1 aliphatic heterocycles. The van der Waals surface area contributed by atoms with Gasteiger partial charge in [-0.05, 0) is 25.0 Å². The molecule has 1 N–H and O–H groups in total. The molecule has 2 atom stereocenters. The fourth-order valence-corrected chi connectivity index (χ4v) is 3.76. The average Bonchev–Trinajstić information content (AvgIpc) is 3.09. The second kappa shape index (κ2) is 7.18. The number of cyclic esters (lactones) is 1. The van der Waals surface area contributed by atoms with Crippen LogP contribution < -0.4 is 0 Å². The minimum absolute atomic E-state index is 0.00805. The van der Waals surface area contributed by atoms with Crippen LogP contribution in [0, 0.1) is 5.92 Å². The maximum Gasteiger partial charge on any atom is 0.309 e. The topological polar surface area (TPSA) is 55.0 Å². The van der Waals surface area contributed by atoms with E-state index in [1.807, 2.05) is 24.3 Å². The molecule has 0 saturated carbocycles. The van der Waals surface area contributed by atoms with Gasteiger partial charge in [-0.1, -0.05) is 50.1 Å². The summed E-state index contributed by atoms with van der Waals surface area (Å²) in [4.78, 5) is 19.7. The molecule has 0 amide bonds. The molecule has 2 aromatic rings. The van der Waals surface area contributed by atoms with Gasteiger partial charge in [0.1, 0.15) is 6.10 Å². The Morgan fingerprint density at radius 2 is 2.23 bits per heavy atom. The first-order valence-corrected chi connectivity index (χ1v) is 9.03. The number of benzene rings is 1. The van der Waals surface area contributed by atoms with Crippen molar-refractivity contribution in [3.63, 3.8) is 0 Å². The summed E-state index contributed by atoms with van der Waals surface area (Å²) in [6, 6.07) is 7.99. The van der Waals surface area contributed by atoms with Gasteiger partial charge >= 0.3 is 5.97 Å². The second-order valence-corrected chi connectivity index (χ2v) is 6.87. The van der Waals surface area contributed by atoms with Crippen molar-refractivity contribution in [1.29, 1.82) is 0 Å². The molecule has 4 nitrogen and oxygen atoms in total. The molecule has 1 aromatic heterocycles. The van der Waals surface area contributed by atoms with Gasteiger partial charge in [0.15, 0.2) is 5.16 Å². The zero-order valence-corrected chi connectivity index (χ0v) is 13.7. The highest BCUT2D eigenvalue weighted by Crippen LogP contribution is 2.30. The first-order valence-electron chi connectivity index (χ1n) is 8.04. The molecule has 3 rings (SSSR count). The van der Waals surface area contributed by atoms with Crippen molar-refractivity contribution >= 4 is 28.8 Å². The highest BCUT2D eigenvalue weighted by atomic mass is 32.2. The van der Waals surface area contributed by atoms with Gasteiger partial charge in [-0.15, -0.1) is 0 Å². The number of imidazole rings is 1. The maximum absolute atomic E-state index is 11.9. The zero-order valence-electron chi connectivity index (χ0n) is 12.9. The summed E-state index contributed by atoms with van der Waals surface area (Å²) >= 11 is 1.63. The summed E-state index contributed by atoms with van der Waals surface area (Å²) in [7, 11) is 0. The SMILES string of the molecule is CCCCC[C@H]1C[C@@H](CSc2nc3ccccc3[nH]2)OC1=O. The van der Waals surface area contributed by atoms with Crippen LogP contribution in [0.2, 0.25) is 0 Å². The van der Waals surface area contributed by atoms with Crippen molar-refractivity contribution in [3.8, 4) is 0 Å². The van der Waals surface area contributed by atoms with Crippen molar-refractivity contribution in [2.75, 3.05) is 5.75 Å². The number of unbranched alkanes of at least 4 members (excludes halogenated alkanes) is 2. The van der Waals surface area contributed by atoms with E-state index < -0.39 is 0 Å². The van der Waals surface area contributed by atoms with Crippen LogP contribution >= 0.6 is 11.8 Å². The van der Waals surface area contributed by atoms with E-state index in [1.54, 1.807) is 11.8 Å². The van der Waals surface area contributed by atoms with Crippen molar-refractivity contribution in [2.24, 2.45) is 5.92 Å². The van der Waals surface area contributed by atoms with Crippen LogP contribution in [0.1, 0.15) is 39.0 Å². The molecule has 2 heterocycles. The van der Waals surface area contributed by atoms with Gasteiger partial charge in [0.25, 0.3) is 0 Å². The number of carbonyl (C=O) groups is 1. The van der Waals surface area contributed by atoms with E-state index in [0.717, 1.165) is 41.2 Å². The molecule has 0 aliphatic carbocycles. The highest BCUT2D eigenvalue weighted by molar-refractivity contribution is 7.99. The molecule has 0 unspecified atom stereocenters. The standard InChI is InChI=1S/C17H22N2O2S/c1-2-3-4-7-12-10-13(21-16(12)20)11-22-17-18-14-8-5-6-9-15(14)19-17/h5-6,8-9,12-13H,2-4,7,10-11H2,1H3,(H,18,19)/t12-,13-/m0/s1. The van der Waals surface area contributed by atoms with Gasteiger partial charge in [0.2, 0.25) is 0 Å². The lowest BCUT2D eigenvalue weighted by atomic mass is 9.98. The number of fused-ring (bicyclic) bond motifs is 1. The van der Waals surface area contributed by atoms with Crippen molar-refractivity contribution in [1.82, 2.24) is 9.97 Å². The van der Waals surface area contributed by atoms with E-state index in [-0.39, 0.29) is 18.0 Å². The predicted molar refractivity (Wildman–Crippen MR) is 88.9 cm³/mol. The lowest BCUT2D eigenvalue weighted by molar-refractivity contribution is -0.143. The monoisotopic (exact) mass is 318 g/mol. The Morgan fingerprint density at radius 1 is 1.36 bits per heavy atom. The number of thioether (sulfide) groups is 1. The number of carbonyl (C=O) groups excluding carboxylic acids is 1. The summed E-state index contributed by atoms with van der Waals surface area (Å²) in [6.45, 7) is 2.18. The van der Waals surface area contributed by atoms with E-state index in [9.17, 15) is 4.79 Å². The minimum Gasteiger partial charge on any atom is -0.461 e. The van der Waals surface area contributed by atoms with Crippen LogP contribution in [-0.4, -0.2) is 27.8 Å². The predicted octanol–water partition coefficient (Wildman–Crippen LogP) is 4.17. The number of hydrogen-bond donors (Lipinski definition) is 1.